The summed E-state index contributed by atoms with van der Waals surface area (Å²) in [6.45, 7) is 7.99. The van der Waals surface area contributed by atoms with Crippen molar-refractivity contribution in [3.8, 4) is 0 Å². The Hall–Kier alpha value is -0.780. The second-order valence-corrected chi connectivity index (χ2v) is 5.78. The highest BCUT2D eigenvalue weighted by Gasteiger charge is 2.09. The number of ether oxygens (including phenoxy) is 1. The van der Waals surface area contributed by atoms with Crippen LogP contribution in [-0.4, -0.2) is 44.3 Å². The fourth-order valence-corrected chi connectivity index (χ4v) is 2.68. The van der Waals surface area contributed by atoms with Crippen molar-refractivity contribution in [2.75, 3.05) is 50.4 Å². The van der Waals surface area contributed by atoms with Crippen molar-refractivity contribution >= 4 is 27.3 Å². The number of aryl methyl sites for hydroxylation is 1. The van der Waals surface area contributed by atoms with Crippen molar-refractivity contribution in [3.05, 3.63) is 22.2 Å². The molecule has 1 fully saturated rings. The number of anilines is 2. The van der Waals surface area contributed by atoms with Gasteiger partial charge in [0, 0.05) is 35.5 Å². The standard InChI is InChI=1S/C14H22BrN3O/c1-11-9-14(12(15)10-13(11)16)17-3-2-4-18-5-7-19-8-6-18/h9-10,17H,2-8,16H2,1H3. The molecular formula is C14H22BrN3O. The molecular weight excluding hydrogens is 306 g/mol. The smallest absolute Gasteiger partial charge is 0.0594 e. The van der Waals surface area contributed by atoms with Crippen molar-refractivity contribution < 1.29 is 4.74 Å². The van der Waals surface area contributed by atoms with Crippen molar-refractivity contribution in [1.29, 1.82) is 0 Å². The van der Waals surface area contributed by atoms with E-state index < -0.39 is 0 Å². The molecule has 0 aliphatic carbocycles. The second kappa shape index (κ2) is 7.12. The molecule has 1 aliphatic heterocycles. The molecule has 1 aromatic rings. The summed E-state index contributed by atoms with van der Waals surface area (Å²) in [5.41, 5.74) is 8.92. The van der Waals surface area contributed by atoms with Crippen molar-refractivity contribution in [2.45, 2.75) is 13.3 Å². The van der Waals surface area contributed by atoms with Crippen LogP contribution in [0.4, 0.5) is 11.4 Å². The first-order chi connectivity index (χ1) is 9.16. The highest BCUT2D eigenvalue weighted by atomic mass is 79.9. The maximum absolute atomic E-state index is 5.87. The van der Waals surface area contributed by atoms with Gasteiger partial charge in [-0.1, -0.05) is 0 Å². The highest BCUT2D eigenvalue weighted by Crippen LogP contribution is 2.27. The van der Waals surface area contributed by atoms with Gasteiger partial charge >= 0.3 is 0 Å². The molecule has 19 heavy (non-hydrogen) atoms. The minimum atomic E-state index is 0.825. The largest absolute Gasteiger partial charge is 0.398 e. The summed E-state index contributed by atoms with van der Waals surface area (Å²) in [7, 11) is 0. The molecule has 106 valence electrons. The van der Waals surface area contributed by atoms with E-state index in [1.54, 1.807) is 0 Å². The zero-order chi connectivity index (χ0) is 13.7. The number of nitrogens with zero attached hydrogens (tertiary/aromatic N) is 1. The molecule has 0 bridgehead atoms. The van der Waals surface area contributed by atoms with Gasteiger partial charge in [-0.05, 0) is 53.5 Å². The summed E-state index contributed by atoms with van der Waals surface area (Å²) >= 11 is 3.54. The van der Waals surface area contributed by atoms with Gasteiger partial charge < -0.3 is 15.8 Å². The second-order valence-electron chi connectivity index (χ2n) is 4.92. The lowest BCUT2D eigenvalue weighted by Crippen LogP contribution is -2.37. The molecule has 0 amide bonds. The molecule has 1 heterocycles. The maximum atomic E-state index is 5.87. The molecule has 0 saturated carbocycles. The lowest BCUT2D eigenvalue weighted by Gasteiger charge is -2.26. The van der Waals surface area contributed by atoms with Crippen LogP contribution in [0.2, 0.25) is 0 Å². The fraction of sp³-hybridized carbons (Fsp3) is 0.571. The quantitative estimate of drug-likeness (QED) is 0.644. The number of morpholine rings is 1. The first-order valence-electron chi connectivity index (χ1n) is 6.76. The Bertz CT molecular complexity index is 419. The predicted molar refractivity (Wildman–Crippen MR) is 83.7 cm³/mol. The third kappa shape index (κ3) is 4.37. The summed E-state index contributed by atoms with van der Waals surface area (Å²) in [5.74, 6) is 0. The number of nitrogens with two attached hydrogens (primary N) is 1. The molecule has 0 radical (unpaired) electrons. The van der Waals surface area contributed by atoms with Crippen molar-refractivity contribution in [2.24, 2.45) is 0 Å². The first kappa shape index (κ1) is 14.6. The molecule has 1 aliphatic rings. The minimum absolute atomic E-state index is 0.825. The fourth-order valence-electron chi connectivity index (χ4n) is 2.18. The van der Waals surface area contributed by atoms with Crippen LogP contribution in [0.25, 0.3) is 0 Å². The molecule has 0 atom stereocenters. The topological polar surface area (TPSA) is 50.5 Å². The number of halogens is 1. The normalized spacial score (nSPS) is 16.5. The summed E-state index contributed by atoms with van der Waals surface area (Å²) in [6.07, 6.45) is 1.13. The number of hydrogen-bond acceptors (Lipinski definition) is 4. The Morgan fingerprint density at radius 1 is 1.37 bits per heavy atom. The van der Waals surface area contributed by atoms with Gasteiger partial charge in [0.2, 0.25) is 0 Å². The molecule has 5 heteroatoms. The number of hydrogen-bond donors (Lipinski definition) is 2. The van der Waals surface area contributed by atoms with E-state index in [1.165, 1.54) is 0 Å². The van der Waals surface area contributed by atoms with E-state index in [-0.39, 0.29) is 0 Å². The lowest BCUT2D eigenvalue weighted by atomic mass is 10.2. The Labute approximate surface area is 123 Å². The van der Waals surface area contributed by atoms with Crippen molar-refractivity contribution in [1.82, 2.24) is 4.90 Å². The summed E-state index contributed by atoms with van der Waals surface area (Å²) < 4.78 is 6.37. The number of nitrogen functional groups attached to an aromatic ring is 1. The molecule has 0 spiro atoms. The molecule has 1 aromatic carbocycles. The van der Waals surface area contributed by atoms with Gasteiger partial charge in [-0.15, -0.1) is 0 Å². The Morgan fingerprint density at radius 2 is 2.11 bits per heavy atom. The minimum Gasteiger partial charge on any atom is -0.398 e. The molecule has 1 saturated heterocycles. The Balaban J connectivity index is 1.74. The van der Waals surface area contributed by atoms with Crippen LogP contribution >= 0.6 is 15.9 Å². The highest BCUT2D eigenvalue weighted by molar-refractivity contribution is 9.10. The van der Waals surface area contributed by atoms with Crippen LogP contribution in [0.3, 0.4) is 0 Å². The van der Waals surface area contributed by atoms with Crippen LogP contribution in [0.15, 0.2) is 16.6 Å². The van der Waals surface area contributed by atoms with E-state index in [2.05, 4.69) is 32.2 Å². The van der Waals surface area contributed by atoms with Crippen LogP contribution < -0.4 is 11.1 Å². The lowest BCUT2D eigenvalue weighted by molar-refractivity contribution is 0.0378. The zero-order valence-corrected chi connectivity index (χ0v) is 13.0. The number of benzene rings is 1. The van der Waals surface area contributed by atoms with Gasteiger partial charge in [0.05, 0.1) is 13.2 Å². The van der Waals surface area contributed by atoms with Gasteiger partial charge in [-0.2, -0.15) is 0 Å². The molecule has 3 N–H and O–H groups in total. The SMILES string of the molecule is Cc1cc(NCCCN2CCOCC2)c(Br)cc1N. The molecule has 0 unspecified atom stereocenters. The van der Waals surface area contributed by atoms with E-state index in [0.29, 0.717) is 0 Å². The van der Waals surface area contributed by atoms with E-state index in [4.69, 9.17) is 10.5 Å². The van der Waals surface area contributed by atoms with Crippen molar-refractivity contribution in [3.63, 3.8) is 0 Å². The number of nitrogens with one attached hydrogen (secondary N) is 1. The van der Waals surface area contributed by atoms with E-state index in [9.17, 15) is 0 Å². The average molecular weight is 328 g/mol. The van der Waals surface area contributed by atoms with Crippen LogP contribution in [-0.2, 0) is 4.74 Å². The van der Waals surface area contributed by atoms with Gasteiger partial charge in [-0.25, -0.2) is 0 Å². The summed E-state index contributed by atoms with van der Waals surface area (Å²) in [4.78, 5) is 2.45. The van der Waals surface area contributed by atoms with E-state index >= 15 is 0 Å². The summed E-state index contributed by atoms with van der Waals surface area (Å²) in [5, 5.41) is 3.46. The first-order valence-corrected chi connectivity index (χ1v) is 7.55. The van der Waals surface area contributed by atoms with Gasteiger partial charge in [0.1, 0.15) is 0 Å². The van der Waals surface area contributed by atoms with Crippen LogP contribution in [0, 0.1) is 6.92 Å². The third-order valence-electron chi connectivity index (χ3n) is 3.43. The molecule has 2 rings (SSSR count). The summed E-state index contributed by atoms with van der Waals surface area (Å²) in [6, 6.07) is 4.05. The number of rotatable bonds is 5. The molecule has 0 aromatic heterocycles. The Morgan fingerprint density at radius 3 is 2.84 bits per heavy atom. The Kier molecular flexibility index (Phi) is 5.48. The van der Waals surface area contributed by atoms with Crippen LogP contribution in [0.5, 0.6) is 0 Å². The van der Waals surface area contributed by atoms with Gasteiger partial charge in [0.25, 0.3) is 0 Å². The van der Waals surface area contributed by atoms with Crippen LogP contribution in [0.1, 0.15) is 12.0 Å². The van der Waals surface area contributed by atoms with E-state index in [1.807, 2.05) is 13.0 Å². The predicted octanol–water partition coefficient (Wildman–Crippen LogP) is 2.47. The van der Waals surface area contributed by atoms with Gasteiger partial charge in [-0.3, -0.25) is 4.90 Å². The maximum Gasteiger partial charge on any atom is 0.0594 e. The monoisotopic (exact) mass is 327 g/mol. The third-order valence-corrected chi connectivity index (χ3v) is 4.08. The zero-order valence-electron chi connectivity index (χ0n) is 11.4. The van der Waals surface area contributed by atoms with E-state index in [0.717, 1.165) is 67.2 Å². The molecule has 4 nitrogen and oxygen atoms in total. The average Bonchev–Trinajstić information content (AvgIpc) is 2.41. The van der Waals surface area contributed by atoms with Gasteiger partial charge in [0.15, 0.2) is 0 Å².